The van der Waals surface area contributed by atoms with Gasteiger partial charge in [0.05, 0.1) is 31.9 Å². The molecule has 3 fully saturated rings. The predicted octanol–water partition coefficient (Wildman–Crippen LogP) is 2.34. The Balaban J connectivity index is 1.47. The number of hydrogen-bond acceptors (Lipinski definition) is 5. The van der Waals surface area contributed by atoms with Crippen LogP contribution in [-0.4, -0.2) is 91.8 Å². The molecular formula is C23H35N3O3. The molecule has 0 unspecified atom stereocenters. The molecule has 0 N–H and O–H groups in total. The van der Waals surface area contributed by atoms with Gasteiger partial charge in [-0.3, -0.25) is 14.6 Å². The molecule has 6 nitrogen and oxygen atoms in total. The summed E-state index contributed by atoms with van der Waals surface area (Å²) in [5, 5.41) is 0. The van der Waals surface area contributed by atoms with Crippen LogP contribution >= 0.6 is 0 Å². The lowest BCUT2D eigenvalue weighted by Gasteiger charge is -2.63. The Kier molecular flexibility index (Phi) is 5.62. The minimum absolute atomic E-state index is 0.0761. The Hall–Kier alpha value is -1.63. The summed E-state index contributed by atoms with van der Waals surface area (Å²) in [7, 11) is 1.64. The van der Waals surface area contributed by atoms with E-state index in [4.69, 9.17) is 9.47 Å². The molecule has 1 atom stereocenters. The number of hydrogen-bond donors (Lipinski definition) is 0. The normalized spacial score (nSPS) is 24.8. The number of fused-ring (bicyclic) bond motifs is 2. The van der Waals surface area contributed by atoms with Gasteiger partial charge in [-0.1, -0.05) is 20.8 Å². The summed E-state index contributed by atoms with van der Waals surface area (Å²) in [6, 6.07) is 7.76. The molecule has 1 amide bonds. The number of carbonyl (C=O) groups excluding carboxylic acids is 1. The van der Waals surface area contributed by atoms with Crippen LogP contribution in [0.4, 0.5) is 0 Å². The van der Waals surface area contributed by atoms with Gasteiger partial charge in [0.1, 0.15) is 5.75 Å². The molecule has 3 aliphatic rings. The van der Waals surface area contributed by atoms with Crippen molar-refractivity contribution >= 4 is 5.91 Å². The quantitative estimate of drug-likeness (QED) is 0.775. The highest BCUT2D eigenvalue weighted by Crippen LogP contribution is 2.37. The Morgan fingerprint density at radius 3 is 2.59 bits per heavy atom. The minimum atomic E-state index is 0.0761. The summed E-state index contributed by atoms with van der Waals surface area (Å²) < 4.78 is 11.0. The highest BCUT2D eigenvalue weighted by molar-refractivity contribution is 5.94. The maximum absolute atomic E-state index is 13.3. The molecule has 29 heavy (non-hydrogen) atoms. The van der Waals surface area contributed by atoms with Crippen LogP contribution in [0.25, 0.3) is 0 Å². The lowest BCUT2D eigenvalue weighted by molar-refractivity contribution is -0.159. The van der Waals surface area contributed by atoms with Gasteiger partial charge >= 0.3 is 0 Å². The van der Waals surface area contributed by atoms with Crippen LogP contribution in [-0.2, 0) is 4.74 Å². The van der Waals surface area contributed by atoms with E-state index in [1.54, 1.807) is 7.11 Å². The number of carbonyl (C=O) groups is 1. The average Bonchev–Trinajstić information content (AvgIpc) is 2.69. The van der Waals surface area contributed by atoms with E-state index in [0.29, 0.717) is 11.5 Å². The third kappa shape index (κ3) is 4.30. The summed E-state index contributed by atoms with van der Waals surface area (Å²) in [6.45, 7) is 14.2. The fraction of sp³-hybridized carbons (Fsp3) is 0.696. The maximum Gasteiger partial charge on any atom is 0.253 e. The van der Waals surface area contributed by atoms with Gasteiger partial charge < -0.3 is 14.4 Å². The molecule has 1 aromatic rings. The van der Waals surface area contributed by atoms with Gasteiger partial charge in [0.15, 0.2) is 0 Å². The first-order chi connectivity index (χ1) is 13.8. The van der Waals surface area contributed by atoms with Gasteiger partial charge in [-0.2, -0.15) is 0 Å². The van der Waals surface area contributed by atoms with Gasteiger partial charge in [-0.15, -0.1) is 0 Å². The second-order valence-electron chi connectivity index (χ2n) is 10.1. The predicted molar refractivity (Wildman–Crippen MR) is 113 cm³/mol. The van der Waals surface area contributed by atoms with Gasteiger partial charge in [-0.05, 0) is 42.6 Å². The Morgan fingerprint density at radius 1 is 1.21 bits per heavy atom. The molecule has 0 saturated carbocycles. The second-order valence-corrected chi connectivity index (χ2v) is 10.1. The number of rotatable bonds is 4. The molecular weight excluding hydrogens is 366 g/mol. The number of methoxy groups -OCH3 is 1. The smallest absolute Gasteiger partial charge is 0.253 e. The van der Waals surface area contributed by atoms with Crippen LogP contribution < -0.4 is 4.74 Å². The van der Waals surface area contributed by atoms with Crippen molar-refractivity contribution in [2.45, 2.75) is 38.8 Å². The monoisotopic (exact) mass is 401 g/mol. The third-order valence-electron chi connectivity index (χ3n) is 6.59. The SMILES string of the molecule is COc1ccc(C(=O)N2C[C@@H]3COCCN3C3(CN(CCC(C)(C)C)C3)C2)cc1. The number of ether oxygens (including phenoxy) is 2. The largest absolute Gasteiger partial charge is 0.497 e. The number of benzene rings is 1. The van der Waals surface area contributed by atoms with Crippen molar-refractivity contribution in [2.75, 3.05) is 59.6 Å². The van der Waals surface area contributed by atoms with Crippen molar-refractivity contribution in [3.8, 4) is 5.75 Å². The zero-order chi connectivity index (χ0) is 20.6. The Morgan fingerprint density at radius 2 is 1.93 bits per heavy atom. The van der Waals surface area contributed by atoms with E-state index in [9.17, 15) is 4.79 Å². The Labute approximate surface area is 174 Å². The molecule has 0 aliphatic carbocycles. The minimum Gasteiger partial charge on any atom is -0.497 e. The molecule has 1 spiro atoms. The summed E-state index contributed by atoms with van der Waals surface area (Å²) in [5.41, 5.74) is 1.16. The molecule has 0 radical (unpaired) electrons. The summed E-state index contributed by atoms with van der Waals surface area (Å²) in [5.74, 6) is 0.891. The number of nitrogens with zero attached hydrogens (tertiary/aromatic N) is 3. The fourth-order valence-electron chi connectivity index (χ4n) is 4.99. The molecule has 6 heteroatoms. The van der Waals surface area contributed by atoms with E-state index < -0.39 is 0 Å². The lowest BCUT2D eigenvalue weighted by Crippen LogP contribution is -2.81. The average molecular weight is 402 g/mol. The number of likely N-dealkylation sites (tertiary alicyclic amines) is 1. The molecule has 1 aromatic carbocycles. The fourth-order valence-corrected chi connectivity index (χ4v) is 4.99. The van der Waals surface area contributed by atoms with E-state index in [0.717, 1.165) is 63.8 Å². The van der Waals surface area contributed by atoms with Crippen molar-refractivity contribution in [2.24, 2.45) is 5.41 Å². The van der Waals surface area contributed by atoms with Crippen LogP contribution in [0.5, 0.6) is 5.75 Å². The first-order valence-electron chi connectivity index (χ1n) is 10.8. The summed E-state index contributed by atoms with van der Waals surface area (Å²) in [4.78, 5) is 20.5. The number of morpholine rings is 1. The van der Waals surface area contributed by atoms with Crippen molar-refractivity contribution in [3.63, 3.8) is 0 Å². The molecule has 4 rings (SSSR count). The van der Waals surface area contributed by atoms with Gasteiger partial charge in [0, 0.05) is 38.3 Å². The number of piperazine rings is 1. The summed E-state index contributed by atoms with van der Waals surface area (Å²) >= 11 is 0. The lowest BCUT2D eigenvalue weighted by atomic mass is 9.81. The highest BCUT2D eigenvalue weighted by atomic mass is 16.5. The first-order valence-corrected chi connectivity index (χ1v) is 10.8. The van der Waals surface area contributed by atoms with Crippen molar-refractivity contribution < 1.29 is 14.3 Å². The second kappa shape index (κ2) is 7.89. The van der Waals surface area contributed by atoms with Crippen LogP contribution in [0.2, 0.25) is 0 Å². The Bertz CT molecular complexity index is 722. The van der Waals surface area contributed by atoms with Crippen LogP contribution in [0.15, 0.2) is 24.3 Å². The van der Waals surface area contributed by atoms with Crippen molar-refractivity contribution in [1.29, 1.82) is 0 Å². The zero-order valence-corrected chi connectivity index (χ0v) is 18.3. The molecule has 3 aliphatic heterocycles. The zero-order valence-electron chi connectivity index (χ0n) is 18.3. The van der Waals surface area contributed by atoms with Crippen LogP contribution in [0, 0.1) is 5.41 Å². The van der Waals surface area contributed by atoms with Crippen LogP contribution in [0.1, 0.15) is 37.6 Å². The van der Waals surface area contributed by atoms with Crippen molar-refractivity contribution in [3.05, 3.63) is 29.8 Å². The van der Waals surface area contributed by atoms with E-state index in [-0.39, 0.29) is 11.4 Å². The molecule has 160 valence electrons. The third-order valence-corrected chi connectivity index (χ3v) is 6.59. The van der Waals surface area contributed by atoms with Gasteiger partial charge in [0.25, 0.3) is 5.91 Å². The maximum atomic E-state index is 13.3. The molecule has 3 saturated heterocycles. The summed E-state index contributed by atoms with van der Waals surface area (Å²) in [6.07, 6.45) is 1.20. The standard InChI is InChI=1S/C23H35N3O3/c1-22(2,3)9-10-24-15-23(16-24)17-25(13-19-14-29-12-11-26(19)23)21(27)18-5-7-20(28-4)8-6-18/h5-8,19H,9-17H2,1-4H3/t19-/m1/s1. The van der Waals surface area contributed by atoms with Crippen LogP contribution in [0.3, 0.4) is 0 Å². The number of amides is 1. The van der Waals surface area contributed by atoms with E-state index >= 15 is 0 Å². The molecule has 3 heterocycles. The van der Waals surface area contributed by atoms with E-state index in [2.05, 4.69) is 35.5 Å². The highest BCUT2D eigenvalue weighted by Gasteiger charge is 2.54. The van der Waals surface area contributed by atoms with Crippen molar-refractivity contribution in [1.82, 2.24) is 14.7 Å². The van der Waals surface area contributed by atoms with E-state index in [1.165, 1.54) is 6.42 Å². The topological polar surface area (TPSA) is 45.2 Å². The van der Waals surface area contributed by atoms with Gasteiger partial charge in [-0.25, -0.2) is 0 Å². The van der Waals surface area contributed by atoms with E-state index in [1.807, 2.05) is 24.3 Å². The van der Waals surface area contributed by atoms with Gasteiger partial charge in [0.2, 0.25) is 0 Å². The first kappa shape index (κ1) is 20.6. The molecule has 0 bridgehead atoms. The molecule has 0 aromatic heterocycles.